The van der Waals surface area contributed by atoms with E-state index in [0.717, 1.165) is 16.0 Å². The van der Waals surface area contributed by atoms with Crippen LogP contribution in [-0.4, -0.2) is 34.5 Å². The first-order valence-corrected chi connectivity index (χ1v) is 10.9. The van der Waals surface area contributed by atoms with Gasteiger partial charge in [-0.15, -0.1) is 10.2 Å². The smallest absolute Gasteiger partial charge is 0.299 e. The summed E-state index contributed by atoms with van der Waals surface area (Å²) in [5.74, 6) is 1.37. The second kappa shape index (κ2) is 10.4. The van der Waals surface area contributed by atoms with Crippen LogP contribution in [0.15, 0.2) is 52.7 Å². The van der Waals surface area contributed by atoms with E-state index in [1.165, 1.54) is 23.5 Å². The van der Waals surface area contributed by atoms with Gasteiger partial charge >= 0.3 is 0 Å². The Morgan fingerprint density at radius 2 is 1.87 bits per heavy atom. The molecule has 0 saturated heterocycles. The third-order valence-corrected chi connectivity index (χ3v) is 5.20. The maximum absolute atomic E-state index is 13.2. The summed E-state index contributed by atoms with van der Waals surface area (Å²) in [5.41, 5.74) is 2.75. The van der Waals surface area contributed by atoms with Crippen LogP contribution in [0.25, 0.3) is 0 Å². The molecule has 9 heteroatoms. The number of hydrogen-bond acceptors (Lipinski definition) is 6. The first-order valence-electron chi connectivity index (χ1n) is 9.64. The second-order valence-electron chi connectivity index (χ2n) is 6.99. The fraction of sp³-hybridized carbons (Fsp3) is 0.318. The third kappa shape index (κ3) is 5.61. The molecule has 0 aliphatic carbocycles. The lowest BCUT2D eigenvalue weighted by Crippen LogP contribution is -2.02. The largest absolute Gasteiger partial charge is 0.496 e. The lowest BCUT2D eigenvalue weighted by atomic mass is 10.0. The summed E-state index contributed by atoms with van der Waals surface area (Å²) >= 11 is 1.19. The molecular formula is C22H24F2N4O2S. The van der Waals surface area contributed by atoms with Crippen LogP contribution in [0.1, 0.15) is 48.7 Å². The van der Waals surface area contributed by atoms with E-state index < -0.39 is 12.2 Å². The minimum Gasteiger partial charge on any atom is -0.496 e. The Morgan fingerprint density at radius 1 is 1.13 bits per heavy atom. The van der Waals surface area contributed by atoms with Crippen LogP contribution < -0.4 is 9.47 Å². The molecule has 0 radical (unpaired) electrons. The van der Waals surface area contributed by atoms with E-state index in [2.05, 4.69) is 29.1 Å². The van der Waals surface area contributed by atoms with Gasteiger partial charge in [-0.3, -0.25) is 0 Å². The molecule has 0 aliphatic heterocycles. The van der Waals surface area contributed by atoms with Gasteiger partial charge in [0.05, 0.1) is 13.3 Å². The topological polar surface area (TPSA) is 61.5 Å². The van der Waals surface area contributed by atoms with Crippen molar-refractivity contribution in [2.24, 2.45) is 5.10 Å². The minimum atomic E-state index is -2.77. The molecular weight excluding hydrogens is 422 g/mol. The van der Waals surface area contributed by atoms with Gasteiger partial charge in [0.25, 0.3) is 6.43 Å². The third-order valence-electron chi connectivity index (χ3n) is 4.58. The number of rotatable bonds is 9. The van der Waals surface area contributed by atoms with Crippen LogP contribution in [0, 0.1) is 0 Å². The standard InChI is InChI=1S/C22H24F2N4O2S/c1-14(2)16-6-8-18(9-7-16)30-13-17-11-15(5-10-19(17)29-3)12-25-28-21(20(23)24)26-27-22(28)31-4/h5-12,14,20H,13H2,1-4H3/b25-12+. The fourth-order valence-electron chi connectivity index (χ4n) is 2.87. The molecule has 0 aliphatic rings. The van der Waals surface area contributed by atoms with Gasteiger partial charge in [-0.05, 0) is 53.6 Å². The summed E-state index contributed by atoms with van der Waals surface area (Å²) in [6, 6.07) is 13.4. The molecule has 0 fully saturated rings. The van der Waals surface area contributed by atoms with E-state index in [9.17, 15) is 8.78 Å². The van der Waals surface area contributed by atoms with E-state index in [0.29, 0.717) is 17.2 Å². The van der Waals surface area contributed by atoms with Crippen molar-refractivity contribution in [2.45, 2.75) is 38.0 Å². The van der Waals surface area contributed by atoms with Gasteiger partial charge in [-0.1, -0.05) is 37.7 Å². The molecule has 3 aromatic rings. The van der Waals surface area contributed by atoms with Crippen LogP contribution >= 0.6 is 11.8 Å². The Balaban J connectivity index is 1.79. The van der Waals surface area contributed by atoms with Gasteiger partial charge in [-0.25, -0.2) is 8.78 Å². The predicted octanol–water partition coefficient (Wildman–Crippen LogP) is 5.53. The molecule has 1 aromatic heterocycles. The zero-order valence-electron chi connectivity index (χ0n) is 17.8. The van der Waals surface area contributed by atoms with Crippen molar-refractivity contribution in [1.29, 1.82) is 0 Å². The summed E-state index contributed by atoms with van der Waals surface area (Å²) in [7, 11) is 1.58. The average molecular weight is 447 g/mol. The van der Waals surface area contributed by atoms with Crippen molar-refractivity contribution in [1.82, 2.24) is 14.9 Å². The molecule has 3 rings (SSSR count). The van der Waals surface area contributed by atoms with Gasteiger partial charge in [-0.2, -0.15) is 9.78 Å². The highest BCUT2D eigenvalue weighted by atomic mass is 32.2. The highest BCUT2D eigenvalue weighted by Crippen LogP contribution is 2.24. The number of alkyl halides is 2. The first kappa shape index (κ1) is 22.7. The average Bonchev–Trinajstić information content (AvgIpc) is 3.19. The van der Waals surface area contributed by atoms with Crippen molar-refractivity contribution in [3.8, 4) is 11.5 Å². The Bertz CT molecular complexity index is 1040. The molecule has 31 heavy (non-hydrogen) atoms. The monoisotopic (exact) mass is 446 g/mol. The van der Waals surface area contributed by atoms with Gasteiger partial charge in [0.1, 0.15) is 18.1 Å². The maximum Gasteiger partial charge on any atom is 0.299 e. The SMILES string of the molecule is COc1ccc(/C=N/n2c(SC)nnc2C(F)F)cc1COc1ccc(C(C)C)cc1. The second-order valence-corrected chi connectivity index (χ2v) is 7.76. The van der Waals surface area contributed by atoms with Gasteiger partial charge in [0.2, 0.25) is 11.0 Å². The predicted molar refractivity (Wildman–Crippen MR) is 118 cm³/mol. The zero-order chi connectivity index (χ0) is 22.4. The molecule has 164 valence electrons. The van der Waals surface area contributed by atoms with Crippen molar-refractivity contribution in [3.05, 3.63) is 65.0 Å². The molecule has 6 nitrogen and oxygen atoms in total. The normalized spacial score (nSPS) is 11.6. The first-order chi connectivity index (χ1) is 14.9. The Morgan fingerprint density at radius 3 is 2.48 bits per heavy atom. The van der Waals surface area contributed by atoms with Crippen LogP contribution in [0.2, 0.25) is 0 Å². The van der Waals surface area contributed by atoms with Gasteiger partial charge < -0.3 is 9.47 Å². The van der Waals surface area contributed by atoms with E-state index in [1.807, 2.05) is 30.3 Å². The van der Waals surface area contributed by atoms with Crippen molar-refractivity contribution < 1.29 is 18.3 Å². The van der Waals surface area contributed by atoms with E-state index in [1.54, 1.807) is 25.5 Å². The minimum absolute atomic E-state index is 0.286. The van der Waals surface area contributed by atoms with Crippen LogP contribution in [0.5, 0.6) is 11.5 Å². The number of nitrogens with zero attached hydrogens (tertiary/aromatic N) is 4. The molecule has 0 saturated carbocycles. The van der Waals surface area contributed by atoms with E-state index in [-0.39, 0.29) is 11.8 Å². The number of methoxy groups -OCH3 is 1. The number of halogens is 2. The number of thioether (sulfide) groups is 1. The summed E-state index contributed by atoms with van der Waals surface area (Å²) in [6.45, 7) is 4.57. The maximum atomic E-state index is 13.2. The van der Waals surface area contributed by atoms with Crippen LogP contribution in [0.4, 0.5) is 8.78 Å². The molecule has 0 N–H and O–H groups in total. The van der Waals surface area contributed by atoms with Gasteiger partial charge in [0.15, 0.2) is 0 Å². The molecule has 0 bridgehead atoms. The quantitative estimate of drug-likeness (QED) is 0.319. The highest BCUT2D eigenvalue weighted by molar-refractivity contribution is 7.98. The Hall–Kier alpha value is -2.94. The van der Waals surface area contributed by atoms with Crippen LogP contribution in [0.3, 0.4) is 0 Å². The molecule has 2 aromatic carbocycles. The van der Waals surface area contributed by atoms with Crippen LogP contribution in [-0.2, 0) is 6.61 Å². The molecule has 1 heterocycles. The zero-order valence-corrected chi connectivity index (χ0v) is 18.6. The van der Waals surface area contributed by atoms with E-state index in [4.69, 9.17) is 9.47 Å². The summed E-state index contributed by atoms with van der Waals surface area (Å²) < 4.78 is 38.7. The molecule has 0 spiro atoms. The lowest BCUT2D eigenvalue weighted by molar-refractivity contribution is 0.135. The van der Waals surface area contributed by atoms with Crippen molar-refractivity contribution in [2.75, 3.05) is 13.4 Å². The molecule has 0 amide bonds. The highest BCUT2D eigenvalue weighted by Gasteiger charge is 2.19. The number of ether oxygens (including phenoxy) is 2. The number of hydrogen-bond donors (Lipinski definition) is 0. The fourth-order valence-corrected chi connectivity index (χ4v) is 3.31. The van der Waals surface area contributed by atoms with Crippen molar-refractivity contribution >= 4 is 18.0 Å². The van der Waals surface area contributed by atoms with Crippen molar-refractivity contribution in [3.63, 3.8) is 0 Å². The summed E-state index contributed by atoms with van der Waals surface area (Å²) in [6.07, 6.45) is 0.435. The summed E-state index contributed by atoms with van der Waals surface area (Å²) in [5, 5.41) is 11.7. The molecule has 0 atom stereocenters. The van der Waals surface area contributed by atoms with Gasteiger partial charge in [0, 0.05) is 5.56 Å². The Labute approximate surface area is 184 Å². The lowest BCUT2D eigenvalue weighted by Gasteiger charge is -2.12. The molecule has 0 unspecified atom stereocenters. The Kier molecular flexibility index (Phi) is 7.62. The number of aromatic nitrogens is 3. The van der Waals surface area contributed by atoms with E-state index >= 15 is 0 Å². The summed E-state index contributed by atoms with van der Waals surface area (Å²) in [4.78, 5) is 0. The number of benzene rings is 2.